The molecule has 2 amide bonds. The Morgan fingerprint density at radius 3 is 2.33 bits per heavy atom. The van der Waals surface area contributed by atoms with Gasteiger partial charge in [-0.05, 0) is 37.1 Å². The lowest BCUT2D eigenvalue weighted by Gasteiger charge is -2.15. The van der Waals surface area contributed by atoms with E-state index in [9.17, 15) is 9.59 Å². The largest absolute Gasteiger partial charge is 0.497 e. The van der Waals surface area contributed by atoms with E-state index in [1.807, 2.05) is 32.0 Å². The van der Waals surface area contributed by atoms with Crippen LogP contribution in [-0.4, -0.2) is 51.2 Å². The molecule has 3 rings (SSSR count). The molecule has 0 aromatic heterocycles. The van der Waals surface area contributed by atoms with Gasteiger partial charge >= 0.3 is 0 Å². The number of amides is 2. The van der Waals surface area contributed by atoms with E-state index in [0.29, 0.717) is 28.3 Å². The summed E-state index contributed by atoms with van der Waals surface area (Å²) in [6.45, 7) is 4.34. The van der Waals surface area contributed by atoms with Crippen LogP contribution in [0.2, 0.25) is 0 Å². The highest BCUT2D eigenvalue weighted by Crippen LogP contribution is 2.36. The average Bonchev–Trinajstić information content (AvgIpc) is 2.96. The van der Waals surface area contributed by atoms with E-state index in [1.165, 1.54) is 12.0 Å². The lowest BCUT2D eigenvalue weighted by molar-refractivity contribution is -0.137. The van der Waals surface area contributed by atoms with Crippen LogP contribution in [0.15, 0.2) is 42.1 Å². The van der Waals surface area contributed by atoms with E-state index in [2.05, 4.69) is 5.32 Å². The molecule has 0 bridgehead atoms. The molecule has 1 aliphatic rings. The van der Waals surface area contributed by atoms with E-state index in [1.54, 1.807) is 32.4 Å². The van der Waals surface area contributed by atoms with Crippen LogP contribution in [0.5, 0.6) is 11.5 Å². The van der Waals surface area contributed by atoms with Crippen molar-refractivity contribution in [1.82, 2.24) is 4.90 Å². The number of carbonyl (C=O) groups excluding carboxylic acids is 2. The Bertz CT molecular complexity index is 1010. The van der Waals surface area contributed by atoms with Crippen molar-refractivity contribution in [2.75, 3.05) is 39.8 Å². The van der Waals surface area contributed by atoms with Crippen LogP contribution in [0.4, 0.5) is 5.69 Å². The van der Waals surface area contributed by atoms with Gasteiger partial charge in [-0.15, -0.1) is 0 Å². The van der Waals surface area contributed by atoms with Crippen LogP contribution in [0.3, 0.4) is 0 Å². The summed E-state index contributed by atoms with van der Waals surface area (Å²) in [5, 5.41) is 3.13. The first kappa shape index (κ1) is 21.4. The fraction of sp³-hybridized carbons (Fsp3) is 0.304. The van der Waals surface area contributed by atoms with Gasteiger partial charge in [0.1, 0.15) is 17.2 Å². The summed E-state index contributed by atoms with van der Waals surface area (Å²) in [4.78, 5) is 27.6. The zero-order valence-electron chi connectivity index (χ0n) is 17.9. The quantitative estimate of drug-likeness (QED) is 0.674. The van der Waals surface area contributed by atoms with E-state index < -0.39 is 5.91 Å². The molecule has 0 radical (unpaired) electrons. The fourth-order valence-corrected chi connectivity index (χ4v) is 3.47. The Morgan fingerprint density at radius 1 is 0.933 bits per heavy atom. The molecule has 2 aromatic rings. The molecule has 0 spiro atoms. The minimum atomic E-state index is -0.406. The van der Waals surface area contributed by atoms with Crippen molar-refractivity contribution in [1.29, 1.82) is 0 Å². The number of ether oxygens (including phenoxy) is 3. The summed E-state index contributed by atoms with van der Waals surface area (Å²) in [6, 6.07) is 11.0. The number of rotatable bonds is 8. The van der Waals surface area contributed by atoms with E-state index in [4.69, 9.17) is 14.2 Å². The van der Waals surface area contributed by atoms with Crippen molar-refractivity contribution in [3.8, 4) is 11.5 Å². The van der Waals surface area contributed by atoms with Gasteiger partial charge in [0, 0.05) is 13.2 Å². The van der Waals surface area contributed by atoms with Gasteiger partial charge in [-0.1, -0.05) is 23.8 Å². The third kappa shape index (κ3) is 4.02. The molecule has 158 valence electrons. The van der Waals surface area contributed by atoms with Crippen LogP contribution >= 0.6 is 0 Å². The van der Waals surface area contributed by atoms with E-state index in [0.717, 1.165) is 11.1 Å². The molecule has 2 aromatic carbocycles. The summed E-state index contributed by atoms with van der Waals surface area (Å²) in [6.07, 6.45) is 0. The number of benzene rings is 2. The number of imide groups is 1. The van der Waals surface area contributed by atoms with Gasteiger partial charge in [0.25, 0.3) is 11.8 Å². The molecule has 0 unspecified atom stereocenters. The predicted molar refractivity (Wildman–Crippen MR) is 115 cm³/mol. The Kier molecular flexibility index (Phi) is 6.42. The fourth-order valence-electron chi connectivity index (χ4n) is 3.47. The Balaban J connectivity index is 2.13. The van der Waals surface area contributed by atoms with Gasteiger partial charge < -0.3 is 19.5 Å². The summed E-state index contributed by atoms with van der Waals surface area (Å²) in [7, 11) is 4.63. The smallest absolute Gasteiger partial charge is 0.278 e. The predicted octanol–water partition coefficient (Wildman–Crippen LogP) is 3.16. The van der Waals surface area contributed by atoms with Gasteiger partial charge in [-0.2, -0.15) is 0 Å². The van der Waals surface area contributed by atoms with Crippen molar-refractivity contribution in [3.05, 3.63) is 58.8 Å². The van der Waals surface area contributed by atoms with Gasteiger partial charge in [-0.3, -0.25) is 14.5 Å². The van der Waals surface area contributed by atoms with Crippen molar-refractivity contribution in [2.45, 2.75) is 13.8 Å². The number of methoxy groups -OCH3 is 3. The molecule has 0 aliphatic carbocycles. The van der Waals surface area contributed by atoms with Crippen LogP contribution < -0.4 is 14.8 Å². The summed E-state index contributed by atoms with van der Waals surface area (Å²) in [5.41, 5.74) is 3.77. The zero-order valence-corrected chi connectivity index (χ0v) is 17.9. The third-order valence-electron chi connectivity index (χ3n) is 5.00. The number of carbonyl (C=O) groups is 2. The molecular weight excluding hydrogens is 384 g/mol. The number of hydrogen-bond acceptors (Lipinski definition) is 6. The van der Waals surface area contributed by atoms with Crippen LogP contribution in [0.1, 0.15) is 16.7 Å². The van der Waals surface area contributed by atoms with Crippen molar-refractivity contribution in [3.63, 3.8) is 0 Å². The minimum Gasteiger partial charge on any atom is -0.497 e. The lowest BCUT2D eigenvalue weighted by Crippen LogP contribution is -2.35. The number of nitrogens with one attached hydrogen (secondary N) is 1. The Labute approximate surface area is 176 Å². The standard InChI is InChI=1S/C23H26N2O5/c1-14-6-8-17(15(2)12-14)20-21(23(27)25(22(20)26)10-11-28-3)24-18-13-16(29-4)7-9-19(18)30-5/h6-9,12-13,24H,10-11H2,1-5H3. The first-order chi connectivity index (χ1) is 14.4. The normalized spacial score (nSPS) is 13.8. The monoisotopic (exact) mass is 410 g/mol. The van der Waals surface area contributed by atoms with Gasteiger partial charge in [0.2, 0.25) is 0 Å². The topological polar surface area (TPSA) is 77.1 Å². The second kappa shape index (κ2) is 9.00. The minimum absolute atomic E-state index is 0.170. The average molecular weight is 410 g/mol. The molecule has 1 aliphatic heterocycles. The SMILES string of the molecule is COCCN1C(=O)C(Nc2cc(OC)ccc2OC)=C(c2ccc(C)cc2C)C1=O. The first-order valence-electron chi connectivity index (χ1n) is 9.57. The maximum absolute atomic E-state index is 13.2. The maximum Gasteiger partial charge on any atom is 0.278 e. The second-order valence-electron chi connectivity index (χ2n) is 7.01. The Hall–Kier alpha value is -3.32. The van der Waals surface area contributed by atoms with Crippen molar-refractivity contribution < 1.29 is 23.8 Å². The first-order valence-corrected chi connectivity index (χ1v) is 9.57. The molecular formula is C23H26N2O5. The molecule has 7 nitrogen and oxygen atoms in total. The highest BCUT2D eigenvalue weighted by Gasteiger charge is 2.39. The van der Waals surface area contributed by atoms with Gasteiger partial charge in [0.15, 0.2) is 0 Å². The summed E-state index contributed by atoms with van der Waals surface area (Å²) < 4.78 is 15.8. The zero-order chi connectivity index (χ0) is 21.8. The Morgan fingerprint density at radius 2 is 1.70 bits per heavy atom. The second-order valence-corrected chi connectivity index (χ2v) is 7.01. The highest BCUT2D eigenvalue weighted by molar-refractivity contribution is 6.36. The van der Waals surface area contributed by atoms with E-state index >= 15 is 0 Å². The maximum atomic E-state index is 13.2. The molecule has 30 heavy (non-hydrogen) atoms. The number of aryl methyl sites for hydroxylation is 2. The summed E-state index contributed by atoms with van der Waals surface area (Å²) in [5.74, 6) is 0.365. The van der Waals surface area contributed by atoms with Crippen molar-refractivity contribution in [2.24, 2.45) is 0 Å². The van der Waals surface area contributed by atoms with Gasteiger partial charge in [0.05, 0.1) is 38.6 Å². The molecule has 1 heterocycles. The molecule has 0 saturated heterocycles. The summed E-state index contributed by atoms with van der Waals surface area (Å²) >= 11 is 0. The van der Waals surface area contributed by atoms with Crippen LogP contribution in [0.25, 0.3) is 5.57 Å². The lowest BCUT2D eigenvalue weighted by atomic mass is 9.97. The number of hydrogen-bond donors (Lipinski definition) is 1. The van der Waals surface area contributed by atoms with Crippen molar-refractivity contribution >= 4 is 23.1 Å². The van der Waals surface area contributed by atoms with Gasteiger partial charge in [-0.25, -0.2) is 0 Å². The molecule has 0 fully saturated rings. The number of anilines is 1. The molecule has 7 heteroatoms. The third-order valence-corrected chi connectivity index (χ3v) is 5.00. The molecule has 1 N–H and O–H groups in total. The van der Waals surface area contributed by atoms with Crippen LogP contribution in [-0.2, 0) is 14.3 Å². The van der Waals surface area contributed by atoms with E-state index in [-0.39, 0.29) is 24.8 Å². The highest BCUT2D eigenvalue weighted by atomic mass is 16.5. The number of nitrogens with zero attached hydrogens (tertiary/aromatic N) is 1. The van der Waals surface area contributed by atoms with Crippen LogP contribution in [0, 0.1) is 13.8 Å². The molecule has 0 atom stereocenters. The molecule has 0 saturated carbocycles.